The molecule has 0 aliphatic heterocycles. The lowest BCUT2D eigenvalue weighted by Crippen LogP contribution is -2.53. The van der Waals surface area contributed by atoms with Crippen LogP contribution in [-0.4, -0.2) is 31.4 Å². The molecule has 0 radical (unpaired) electrons. The fourth-order valence-electron chi connectivity index (χ4n) is 10.7. The van der Waals surface area contributed by atoms with Gasteiger partial charge in [0.25, 0.3) is 0 Å². The fourth-order valence-corrected chi connectivity index (χ4v) is 10.7. The number of benzene rings is 4. The van der Waals surface area contributed by atoms with Crippen LogP contribution in [0.1, 0.15) is 254 Å². The topological polar surface area (TPSA) is 27.7 Å². The van der Waals surface area contributed by atoms with Gasteiger partial charge >= 0.3 is 32.0 Å². The van der Waals surface area contributed by atoms with Crippen LogP contribution in [0.5, 0.6) is 17.2 Å². The quantitative estimate of drug-likeness (QED) is 0.0146. The standard InChI is InChI=1S/C59H90BF9NO3.C7H4F3/c1-5-9-13-17-21-22-23-24-25-26-30-34-55(70(45-31-27-18-14-10-6-2,46-32-28-19-15-11-7-3)47-33-29-20-16-12-8-4)54-48-51(59(67,68)69)39-44-56(54)73-60(71-52-40-35-49(36-41-52)57(61,62)63)72-53-42-37-50(38-43-53)58(64,65)66;8-7(9,10)6-4-2-1-3-5-6/h35-44,48,55H,5-34,45-47H2,1-4H3;2-5H/q+1;-1. The normalized spacial score (nSPS) is 12.7. The van der Waals surface area contributed by atoms with Gasteiger partial charge in [-0.15, -0.1) is 0 Å². The summed E-state index contributed by atoms with van der Waals surface area (Å²) >= 11 is 0. The van der Waals surface area contributed by atoms with Gasteiger partial charge in [-0.2, -0.15) is 83.0 Å². The van der Waals surface area contributed by atoms with Crippen LogP contribution in [-0.2, 0) is 24.7 Å². The van der Waals surface area contributed by atoms with Crippen LogP contribution in [0.2, 0.25) is 0 Å². The van der Waals surface area contributed by atoms with Crippen LogP contribution in [0.25, 0.3) is 0 Å². The van der Waals surface area contributed by atoms with Crippen molar-refractivity contribution in [3.63, 3.8) is 0 Å². The van der Waals surface area contributed by atoms with Crippen molar-refractivity contribution >= 4 is 7.32 Å². The Bertz CT molecular complexity index is 2150. The molecule has 0 saturated heterocycles. The van der Waals surface area contributed by atoms with Gasteiger partial charge in [-0.1, -0.05) is 175 Å². The van der Waals surface area contributed by atoms with Crippen LogP contribution >= 0.6 is 0 Å². The van der Waals surface area contributed by atoms with Crippen LogP contribution in [0.3, 0.4) is 0 Å². The molecule has 0 spiro atoms. The van der Waals surface area contributed by atoms with Gasteiger partial charge in [-0.25, -0.2) is 0 Å². The zero-order valence-corrected chi connectivity index (χ0v) is 49.9. The molecule has 0 fully saturated rings. The fraction of sp³-hybridized carbons (Fsp3) is 0.636. The predicted octanol–water partition coefficient (Wildman–Crippen LogP) is 23.4. The molecule has 0 aliphatic rings. The second kappa shape index (κ2) is 39.2. The molecular weight excluding hydrogens is 1090 g/mol. The molecule has 0 saturated carbocycles. The first kappa shape index (κ1) is 72.7. The van der Waals surface area contributed by atoms with E-state index in [-0.39, 0.29) is 17.2 Å². The number of nitrogens with zero attached hydrogens (tertiary/aromatic N) is 1. The van der Waals surface area contributed by atoms with Crippen molar-refractivity contribution in [3.8, 4) is 17.2 Å². The Labute approximate surface area is 489 Å². The van der Waals surface area contributed by atoms with Gasteiger partial charge in [0, 0.05) is 6.42 Å². The lowest BCUT2D eigenvalue weighted by atomic mass is 9.91. The minimum atomic E-state index is -4.70. The second-order valence-corrected chi connectivity index (χ2v) is 22.3. The van der Waals surface area contributed by atoms with Crippen molar-refractivity contribution in [2.45, 2.75) is 251 Å². The number of alkyl halides is 12. The van der Waals surface area contributed by atoms with Crippen LogP contribution < -0.4 is 14.0 Å². The molecular formula is C66H94BF12NO3. The summed E-state index contributed by atoms with van der Waals surface area (Å²) in [6, 6.07) is 17.5. The SMILES string of the molecule is CCCCCCCCCCCCCC(c1cc(C(F)(F)F)ccc1OB(Oc1ccc(C(F)(F)F)cc1)Oc1ccc(C(F)(F)F)cc1)[N+](CCCCCCCC)(CCCCCCCC)CCCCCCCC.FC(F)(F)c1cc[c-]cc1. The predicted molar refractivity (Wildman–Crippen MR) is 311 cm³/mol. The highest BCUT2D eigenvalue weighted by atomic mass is 19.4. The third kappa shape index (κ3) is 29.4. The number of quaternary nitrogens is 1. The molecule has 4 aromatic rings. The molecule has 0 N–H and O–H groups in total. The Hall–Kier alpha value is -4.54. The third-order valence-electron chi connectivity index (χ3n) is 15.4. The first-order valence-electron chi connectivity index (χ1n) is 31.0. The largest absolute Gasteiger partial charge is 0.864 e. The summed E-state index contributed by atoms with van der Waals surface area (Å²) in [6.45, 7) is 11.1. The van der Waals surface area contributed by atoms with Crippen molar-refractivity contribution in [3.05, 3.63) is 125 Å². The Morgan fingerprint density at radius 3 is 0.988 bits per heavy atom. The maximum atomic E-state index is 15.1. The van der Waals surface area contributed by atoms with Crippen molar-refractivity contribution in [1.82, 2.24) is 0 Å². The molecule has 1 unspecified atom stereocenters. The zero-order chi connectivity index (χ0) is 61.0. The van der Waals surface area contributed by atoms with E-state index in [2.05, 4.69) is 33.8 Å². The minimum absolute atomic E-state index is 0.0567. The van der Waals surface area contributed by atoms with E-state index >= 15 is 13.2 Å². The van der Waals surface area contributed by atoms with E-state index < -0.39 is 60.3 Å². The molecule has 0 amide bonds. The molecule has 0 bridgehead atoms. The Morgan fingerprint density at radius 1 is 0.361 bits per heavy atom. The van der Waals surface area contributed by atoms with E-state index in [0.29, 0.717) is 16.5 Å². The van der Waals surface area contributed by atoms with E-state index in [9.17, 15) is 39.5 Å². The van der Waals surface area contributed by atoms with Crippen LogP contribution in [0.4, 0.5) is 52.7 Å². The summed E-state index contributed by atoms with van der Waals surface area (Å²) < 4.78 is 182. The Kier molecular flexibility index (Phi) is 34.4. The van der Waals surface area contributed by atoms with Crippen molar-refractivity contribution in [2.24, 2.45) is 0 Å². The average Bonchev–Trinajstić information content (AvgIpc) is 3.63. The van der Waals surface area contributed by atoms with Crippen molar-refractivity contribution < 1.29 is 71.1 Å². The Balaban J connectivity index is 0.00000162. The van der Waals surface area contributed by atoms with E-state index in [0.717, 1.165) is 234 Å². The number of rotatable bonds is 41. The molecule has 4 rings (SSSR count). The van der Waals surface area contributed by atoms with Gasteiger partial charge in [0.15, 0.2) is 0 Å². The molecule has 1 atom stereocenters. The highest BCUT2D eigenvalue weighted by molar-refractivity contribution is 6.39. The van der Waals surface area contributed by atoms with Gasteiger partial charge < -0.3 is 18.4 Å². The summed E-state index contributed by atoms with van der Waals surface area (Å²) in [5, 5.41) is 0. The van der Waals surface area contributed by atoms with Crippen molar-refractivity contribution in [1.29, 1.82) is 0 Å². The number of unbranched alkanes of at least 4 members (excludes halogenated alkanes) is 25. The lowest BCUT2D eigenvalue weighted by molar-refractivity contribution is -0.958. The molecule has 0 aliphatic carbocycles. The van der Waals surface area contributed by atoms with Crippen LogP contribution in [0, 0.1) is 6.07 Å². The van der Waals surface area contributed by atoms with Gasteiger partial charge in [-0.3, -0.25) is 0 Å². The van der Waals surface area contributed by atoms with E-state index in [1.807, 2.05) is 0 Å². The van der Waals surface area contributed by atoms with Gasteiger partial charge in [0.1, 0.15) is 23.3 Å². The maximum Gasteiger partial charge on any atom is 0.864 e. The summed E-state index contributed by atoms with van der Waals surface area (Å²) in [5.41, 5.74) is -2.99. The highest BCUT2D eigenvalue weighted by Crippen LogP contribution is 2.44. The van der Waals surface area contributed by atoms with E-state index in [1.54, 1.807) is 0 Å². The summed E-state index contributed by atoms with van der Waals surface area (Å²) in [6.07, 6.45) is 13.9. The maximum absolute atomic E-state index is 15.1. The highest BCUT2D eigenvalue weighted by Gasteiger charge is 2.43. The molecule has 0 aromatic heterocycles. The van der Waals surface area contributed by atoms with Gasteiger partial charge in [0.05, 0.1) is 41.9 Å². The van der Waals surface area contributed by atoms with Gasteiger partial charge in [0.2, 0.25) is 0 Å². The summed E-state index contributed by atoms with van der Waals surface area (Å²) in [7, 11) is -1.83. The van der Waals surface area contributed by atoms with E-state index in [4.69, 9.17) is 14.0 Å². The summed E-state index contributed by atoms with van der Waals surface area (Å²) in [4.78, 5) is 0. The molecule has 0 heterocycles. The first-order valence-corrected chi connectivity index (χ1v) is 31.0. The molecule has 468 valence electrons. The van der Waals surface area contributed by atoms with Gasteiger partial charge in [-0.05, 0) is 112 Å². The molecule has 17 heteroatoms. The number of halogens is 12. The molecule has 83 heavy (non-hydrogen) atoms. The van der Waals surface area contributed by atoms with Crippen LogP contribution in [0.15, 0.2) is 91.0 Å². The smallest absolute Gasteiger partial charge is 0.490 e. The van der Waals surface area contributed by atoms with Crippen molar-refractivity contribution in [2.75, 3.05) is 19.6 Å². The molecule has 4 aromatic carbocycles. The minimum Gasteiger partial charge on any atom is -0.490 e. The number of hydrogen-bond donors (Lipinski definition) is 0. The monoisotopic (exact) mass is 1190 g/mol. The second-order valence-electron chi connectivity index (χ2n) is 22.3. The zero-order valence-electron chi connectivity index (χ0n) is 49.9. The van der Waals surface area contributed by atoms with E-state index in [1.165, 1.54) is 62.8 Å². The average molecular weight is 1190 g/mol. The Morgan fingerprint density at radius 2 is 0.663 bits per heavy atom. The number of hydrogen-bond acceptors (Lipinski definition) is 3. The summed E-state index contributed by atoms with van der Waals surface area (Å²) in [5.74, 6) is -0.174. The lowest BCUT2D eigenvalue weighted by Gasteiger charge is -2.46. The molecule has 4 nitrogen and oxygen atoms in total. The first-order chi connectivity index (χ1) is 39.6. The third-order valence-corrected chi connectivity index (χ3v) is 15.4.